The third kappa shape index (κ3) is 8.76. The standard InChI is InChI=1S/C18H30N4.2ClH/c1-16(17-10-4-2-5-11-17)21-18(19)20-12-6-3-7-13-22-14-8-9-15-22;;/h2,4-5,10-11,16H,3,6-9,12-15H2,1H3,(H3,19,20,21);2*1H/t16-;;/m0../s1. The van der Waals surface area contributed by atoms with Gasteiger partial charge in [-0.3, -0.25) is 5.41 Å². The number of rotatable bonds is 8. The topological polar surface area (TPSA) is 51.2 Å². The minimum atomic E-state index is 0. The molecule has 0 amide bonds. The average Bonchev–Trinajstić information content (AvgIpc) is 3.05. The number of likely N-dealkylation sites (tertiary alicyclic amines) is 1. The number of unbranched alkanes of at least 4 members (excludes halogenated alkanes) is 2. The summed E-state index contributed by atoms with van der Waals surface area (Å²) < 4.78 is 0. The molecule has 0 bridgehead atoms. The van der Waals surface area contributed by atoms with Crippen LogP contribution in [0, 0.1) is 5.41 Å². The lowest BCUT2D eigenvalue weighted by atomic mass is 10.1. The number of nitrogens with zero attached hydrogens (tertiary/aromatic N) is 1. The van der Waals surface area contributed by atoms with Gasteiger partial charge in [-0.15, -0.1) is 24.8 Å². The summed E-state index contributed by atoms with van der Waals surface area (Å²) in [5, 5.41) is 14.3. The van der Waals surface area contributed by atoms with Crippen molar-refractivity contribution in [2.45, 2.75) is 45.1 Å². The predicted octanol–water partition coefficient (Wildman–Crippen LogP) is 3.97. The fourth-order valence-electron chi connectivity index (χ4n) is 2.95. The zero-order valence-electron chi connectivity index (χ0n) is 14.6. The van der Waals surface area contributed by atoms with Gasteiger partial charge in [0.2, 0.25) is 0 Å². The summed E-state index contributed by atoms with van der Waals surface area (Å²) in [6, 6.07) is 10.4. The van der Waals surface area contributed by atoms with Crippen molar-refractivity contribution in [3.05, 3.63) is 35.9 Å². The van der Waals surface area contributed by atoms with Crippen LogP contribution in [0.4, 0.5) is 0 Å². The van der Waals surface area contributed by atoms with Crippen LogP contribution in [-0.4, -0.2) is 37.0 Å². The molecule has 4 nitrogen and oxygen atoms in total. The fourth-order valence-corrected chi connectivity index (χ4v) is 2.95. The maximum atomic E-state index is 7.95. The van der Waals surface area contributed by atoms with Crippen molar-refractivity contribution < 1.29 is 0 Å². The summed E-state index contributed by atoms with van der Waals surface area (Å²) >= 11 is 0. The first-order chi connectivity index (χ1) is 10.8. The van der Waals surface area contributed by atoms with Crippen LogP contribution < -0.4 is 10.6 Å². The molecular weight excluding hydrogens is 343 g/mol. The quantitative estimate of drug-likeness (QED) is 0.366. The monoisotopic (exact) mass is 374 g/mol. The summed E-state index contributed by atoms with van der Waals surface area (Å²) in [4.78, 5) is 2.57. The van der Waals surface area contributed by atoms with Gasteiger partial charge in [0.1, 0.15) is 0 Å². The van der Waals surface area contributed by atoms with Gasteiger partial charge in [0.05, 0.1) is 6.04 Å². The molecule has 1 fully saturated rings. The Bertz CT molecular complexity index is 436. The van der Waals surface area contributed by atoms with Gasteiger partial charge >= 0.3 is 0 Å². The molecule has 0 saturated carbocycles. The molecule has 1 heterocycles. The van der Waals surface area contributed by atoms with Crippen molar-refractivity contribution in [2.75, 3.05) is 26.2 Å². The average molecular weight is 375 g/mol. The van der Waals surface area contributed by atoms with E-state index in [2.05, 4.69) is 34.6 Å². The lowest BCUT2D eigenvalue weighted by Crippen LogP contribution is -2.38. The highest BCUT2D eigenvalue weighted by Gasteiger charge is 2.10. The van der Waals surface area contributed by atoms with Crippen molar-refractivity contribution in [3.63, 3.8) is 0 Å². The highest BCUT2D eigenvalue weighted by atomic mass is 35.5. The van der Waals surface area contributed by atoms with Gasteiger partial charge in [0, 0.05) is 6.54 Å². The molecule has 1 atom stereocenters. The second-order valence-electron chi connectivity index (χ2n) is 6.19. The van der Waals surface area contributed by atoms with Gasteiger partial charge < -0.3 is 15.5 Å². The first-order valence-electron chi connectivity index (χ1n) is 8.62. The second-order valence-corrected chi connectivity index (χ2v) is 6.19. The Kier molecular flexibility index (Phi) is 12.8. The maximum Gasteiger partial charge on any atom is 0.188 e. The fraction of sp³-hybridized carbons (Fsp3) is 0.611. The van der Waals surface area contributed by atoms with Crippen LogP contribution in [0.3, 0.4) is 0 Å². The van der Waals surface area contributed by atoms with Gasteiger partial charge in [-0.05, 0) is 57.8 Å². The molecule has 0 aromatic heterocycles. The maximum absolute atomic E-state index is 7.95. The summed E-state index contributed by atoms with van der Waals surface area (Å²) in [6.45, 7) is 6.81. The minimum Gasteiger partial charge on any atom is -0.357 e. The van der Waals surface area contributed by atoms with Crippen LogP contribution in [-0.2, 0) is 0 Å². The molecule has 3 N–H and O–H groups in total. The third-order valence-corrected chi connectivity index (χ3v) is 4.31. The first kappa shape index (κ1) is 23.0. The van der Waals surface area contributed by atoms with E-state index in [-0.39, 0.29) is 30.9 Å². The van der Waals surface area contributed by atoms with E-state index >= 15 is 0 Å². The molecule has 1 aliphatic rings. The van der Waals surface area contributed by atoms with Crippen molar-refractivity contribution in [1.82, 2.24) is 15.5 Å². The Morgan fingerprint density at radius 2 is 1.75 bits per heavy atom. The molecule has 1 saturated heterocycles. The first-order valence-corrected chi connectivity index (χ1v) is 8.62. The lowest BCUT2D eigenvalue weighted by molar-refractivity contribution is 0.328. The van der Waals surface area contributed by atoms with Gasteiger partial charge in [0.15, 0.2) is 5.96 Å². The smallest absolute Gasteiger partial charge is 0.188 e. The largest absolute Gasteiger partial charge is 0.357 e. The van der Waals surface area contributed by atoms with Crippen molar-refractivity contribution in [2.24, 2.45) is 0 Å². The Balaban J connectivity index is 0.00000264. The Morgan fingerprint density at radius 3 is 2.42 bits per heavy atom. The van der Waals surface area contributed by atoms with E-state index in [1.807, 2.05) is 18.2 Å². The molecule has 0 unspecified atom stereocenters. The number of hydrogen-bond acceptors (Lipinski definition) is 2. The highest BCUT2D eigenvalue weighted by Crippen LogP contribution is 2.10. The predicted molar refractivity (Wildman–Crippen MR) is 108 cm³/mol. The number of halogens is 2. The van der Waals surface area contributed by atoms with Crippen LogP contribution in [0.15, 0.2) is 30.3 Å². The van der Waals surface area contributed by atoms with Crippen LogP contribution >= 0.6 is 24.8 Å². The number of guanidine groups is 1. The summed E-state index contributed by atoms with van der Waals surface area (Å²) in [5.41, 5.74) is 1.21. The summed E-state index contributed by atoms with van der Waals surface area (Å²) in [7, 11) is 0. The SMILES string of the molecule is C[C@H](NC(=N)NCCCCCN1CCCC1)c1ccccc1.Cl.Cl. The van der Waals surface area contributed by atoms with Crippen molar-refractivity contribution >= 4 is 30.8 Å². The Labute approximate surface area is 159 Å². The zero-order chi connectivity index (χ0) is 15.6. The third-order valence-electron chi connectivity index (χ3n) is 4.31. The number of hydrogen-bond donors (Lipinski definition) is 3. The minimum absolute atomic E-state index is 0. The number of benzene rings is 1. The van der Waals surface area contributed by atoms with Crippen LogP contribution in [0.2, 0.25) is 0 Å². The molecule has 0 radical (unpaired) electrons. The van der Waals surface area contributed by atoms with Gasteiger partial charge in [-0.25, -0.2) is 0 Å². The second kappa shape index (κ2) is 13.3. The molecule has 1 aromatic carbocycles. The van der Waals surface area contributed by atoms with Crippen LogP contribution in [0.1, 0.15) is 50.6 Å². The Morgan fingerprint density at radius 1 is 1.08 bits per heavy atom. The molecule has 6 heteroatoms. The molecule has 0 spiro atoms. The van der Waals surface area contributed by atoms with Crippen LogP contribution in [0.5, 0.6) is 0 Å². The van der Waals surface area contributed by atoms with E-state index < -0.39 is 0 Å². The molecule has 0 aliphatic carbocycles. The normalized spacial score (nSPS) is 15.0. The molecule has 2 rings (SSSR count). The lowest BCUT2D eigenvalue weighted by Gasteiger charge is -2.17. The van der Waals surface area contributed by atoms with E-state index in [0.717, 1.165) is 13.0 Å². The molecule has 24 heavy (non-hydrogen) atoms. The highest BCUT2D eigenvalue weighted by molar-refractivity contribution is 5.85. The molecule has 1 aliphatic heterocycles. The van der Waals surface area contributed by atoms with E-state index in [0.29, 0.717) is 5.96 Å². The van der Waals surface area contributed by atoms with E-state index in [4.69, 9.17) is 5.41 Å². The van der Waals surface area contributed by atoms with Crippen molar-refractivity contribution in [3.8, 4) is 0 Å². The molecule has 138 valence electrons. The van der Waals surface area contributed by atoms with Crippen LogP contribution in [0.25, 0.3) is 0 Å². The van der Waals surface area contributed by atoms with E-state index in [1.165, 1.54) is 50.9 Å². The summed E-state index contributed by atoms with van der Waals surface area (Å²) in [5.74, 6) is 0.427. The van der Waals surface area contributed by atoms with Gasteiger partial charge in [-0.1, -0.05) is 36.8 Å². The molecular formula is C18H32Cl2N4. The number of nitrogens with one attached hydrogen (secondary N) is 3. The Hall–Kier alpha value is -0.970. The zero-order valence-corrected chi connectivity index (χ0v) is 16.2. The van der Waals surface area contributed by atoms with Gasteiger partial charge in [0.25, 0.3) is 0 Å². The molecule has 1 aromatic rings. The van der Waals surface area contributed by atoms with E-state index in [1.54, 1.807) is 0 Å². The van der Waals surface area contributed by atoms with Crippen molar-refractivity contribution in [1.29, 1.82) is 5.41 Å². The van der Waals surface area contributed by atoms with E-state index in [9.17, 15) is 0 Å². The summed E-state index contributed by atoms with van der Waals surface area (Å²) in [6.07, 6.45) is 6.42. The van der Waals surface area contributed by atoms with Gasteiger partial charge in [-0.2, -0.15) is 0 Å².